The van der Waals surface area contributed by atoms with Gasteiger partial charge in [-0.3, -0.25) is 4.79 Å². The van der Waals surface area contributed by atoms with Gasteiger partial charge in [-0.2, -0.15) is 0 Å². The van der Waals surface area contributed by atoms with Crippen LogP contribution in [-0.2, 0) is 20.7 Å². The van der Waals surface area contributed by atoms with Gasteiger partial charge in [-0.25, -0.2) is 14.8 Å². The normalized spacial score (nSPS) is 12.0. The van der Waals surface area contributed by atoms with Crippen molar-refractivity contribution in [2.45, 2.75) is 84.7 Å². The molecule has 0 aliphatic carbocycles. The van der Waals surface area contributed by atoms with Gasteiger partial charge in [-0.15, -0.1) is 0 Å². The van der Waals surface area contributed by atoms with E-state index < -0.39 is 5.97 Å². The molecule has 1 unspecified atom stereocenters. The maximum absolute atomic E-state index is 11.9. The monoisotopic (exact) mass is 452 g/mol. The Morgan fingerprint density at radius 3 is 2.39 bits per heavy atom. The third kappa shape index (κ3) is 10.9. The Hall–Kier alpha value is -3.02. The van der Waals surface area contributed by atoms with Gasteiger partial charge in [-0.1, -0.05) is 56.5 Å². The van der Waals surface area contributed by atoms with Crippen LogP contribution in [0.5, 0.6) is 5.75 Å². The number of aromatic nitrogens is 2. The largest absolute Gasteiger partial charge is 0.463 e. The lowest BCUT2D eigenvalue weighted by Crippen LogP contribution is -2.11. The Balaban J connectivity index is 1.75. The number of allylic oxidation sites excluding steroid dienone is 1. The molecule has 0 aliphatic rings. The van der Waals surface area contributed by atoms with Gasteiger partial charge in [0.2, 0.25) is 0 Å². The summed E-state index contributed by atoms with van der Waals surface area (Å²) in [4.78, 5) is 31.5. The summed E-state index contributed by atoms with van der Waals surface area (Å²) >= 11 is 0. The summed E-state index contributed by atoms with van der Waals surface area (Å²) < 4.78 is 10.4. The molecule has 1 atom stereocenters. The molecule has 6 heteroatoms. The lowest BCUT2D eigenvalue weighted by Gasteiger charge is -2.11. The zero-order valence-electron chi connectivity index (χ0n) is 20.1. The van der Waals surface area contributed by atoms with Crippen molar-refractivity contribution in [3.05, 3.63) is 54.4 Å². The van der Waals surface area contributed by atoms with Crippen LogP contribution in [0.4, 0.5) is 0 Å². The van der Waals surface area contributed by atoms with Crippen LogP contribution in [0.25, 0.3) is 11.4 Å². The number of aryl methyl sites for hydroxylation is 1. The fourth-order valence-electron chi connectivity index (χ4n) is 3.46. The zero-order valence-corrected chi connectivity index (χ0v) is 20.1. The molecule has 6 nitrogen and oxygen atoms in total. The first-order valence-corrected chi connectivity index (χ1v) is 11.9. The summed E-state index contributed by atoms with van der Waals surface area (Å²) in [5, 5.41) is 0. The average Bonchev–Trinajstić information content (AvgIpc) is 2.79. The molecule has 178 valence electrons. The van der Waals surface area contributed by atoms with Crippen LogP contribution in [0.3, 0.4) is 0 Å². The van der Waals surface area contributed by atoms with E-state index in [1.165, 1.54) is 50.2 Å². The summed E-state index contributed by atoms with van der Waals surface area (Å²) in [6, 6.07) is 8.15. The standard InChI is InChI=1S/C27H36N2O4/c1-4-5-6-7-8-9-14-26(31)33-25-19-28-27(29-20-25)24-17-15-23(16-18-24)13-11-10-12-21(2)32-22(3)30/h9,14-21H,4-8,10-13H2,1-3H3/b14-9+. The number of rotatable bonds is 14. The van der Waals surface area contributed by atoms with E-state index in [1.807, 2.05) is 25.1 Å². The van der Waals surface area contributed by atoms with Crippen LogP contribution in [-0.4, -0.2) is 28.0 Å². The molecule has 1 aromatic carbocycles. The highest BCUT2D eigenvalue weighted by molar-refractivity contribution is 5.83. The molecule has 1 aromatic heterocycles. The van der Waals surface area contributed by atoms with E-state index in [1.54, 1.807) is 0 Å². The van der Waals surface area contributed by atoms with Gasteiger partial charge in [0.25, 0.3) is 0 Å². The molecule has 0 fully saturated rings. The van der Waals surface area contributed by atoms with Crippen molar-refractivity contribution < 1.29 is 19.1 Å². The smallest absolute Gasteiger partial charge is 0.335 e. The van der Waals surface area contributed by atoms with Crippen LogP contribution < -0.4 is 4.74 Å². The Morgan fingerprint density at radius 2 is 1.73 bits per heavy atom. The first-order valence-electron chi connectivity index (χ1n) is 11.9. The lowest BCUT2D eigenvalue weighted by atomic mass is 10.0. The van der Waals surface area contributed by atoms with E-state index in [4.69, 9.17) is 9.47 Å². The summed E-state index contributed by atoms with van der Waals surface area (Å²) in [5.74, 6) is 0.284. The van der Waals surface area contributed by atoms with Crippen LogP contribution >= 0.6 is 0 Å². The Labute approximate surface area is 197 Å². The second-order valence-corrected chi connectivity index (χ2v) is 8.28. The molecular weight excluding hydrogens is 416 g/mol. The Bertz CT molecular complexity index is 876. The predicted octanol–water partition coefficient (Wildman–Crippen LogP) is 6.24. The van der Waals surface area contributed by atoms with Crippen molar-refractivity contribution in [1.82, 2.24) is 9.97 Å². The average molecular weight is 453 g/mol. The van der Waals surface area contributed by atoms with Gasteiger partial charge >= 0.3 is 11.9 Å². The minimum Gasteiger partial charge on any atom is -0.463 e. The maximum atomic E-state index is 11.9. The number of carbonyl (C=O) groups is 2. The molecule has 33 heavy (non-hydrogen) atoms. The van der Waals surface area contributed by atoms with Gasteiger partial charge in [0.05, 0.1) is 18.5 Å². The number of esters is 2. The van der Waals surface area contributed by atoms with Crippen molar-refractivity contribution in [2.75, 3.05) is 0 Å². The highest BCUT2D eigenvalue weighted by Gasteiger charge is 2.07. The summed E-state index contributed by atoms with van der Waals surface area (Å²) in [6.45, 7) is 5.54. The quantitative estimate of drug-likeness (QED) is 0.192. The van der Waals surface area contributed by atoms with Crippen LogP contribution in [0.1, 0.15) is 77.7 Å². The molecule has 2 rings (SSSR count). The molecule has 0 saturated heterocycles. The molecule has 0 N–H and O–H groups in total. The molecule has 0 amide bonds. The Kier molecular flexibility index (Phi) is 11.9. The van der Waals surface area contributed by atoms with E-state index in [2.05, 4.69) is 29.0 Å². The number of ether oxygens (including phenoxy) is 2. The van der Waals surface area contributed by atoms with E-state index in [-0.39, 0.29) is 12.1 Å². The van der Waals surface area contributed by atoms with Crippen molar-refractivity contribution in [3.63, 3.8) is 0 Å². The molecule has 0 bridgehead atoms. The number of carbonyl (C=O) groups excluding carboxylic acids is 2. The fraction of sp³-hybridized carbons (Fsp3) is 0.481. The predicted molar refractivity (Wildman–Crippen MR) is 130 cm³/mol. The van der Waals surface area contributed by atoms with Crippen molar-refractivity contribution in [2.24, 2.45) is 0 Å². The third-order valence-corrected chi connectivity index (χ3v) is 5.23. The SMILES string of the molecule is CCCCCC/C=C/C(=O)Oc1cnc(-c2ccc(CCCCC(C)OC(C)=O)cc2)nc1. The van der Waals surface area contributed by atoms with E-state index in [9.17, 15) is 9.59 Å². The highest BCUT2D eigenvalue weighted by Crippen LogP contribution is 2.19. The summed E-state index contributed by atoms with van der Waals surface area (Å²) in [6.07, 6.45) is 15.8. The van der Waals surface area contributed by atoms with Gasteiger partial charge in [0, 0.05) is 18.6 Å². The molecule has 0 spiro atoms. The third-order valence-electron chi connectivity index (χ3n) is 5.23. The minimum absolute atomic E-state index is 0.0316. The molecule has 0 aliphatic heterocycles. The number of hydrogen-bond acceptors (Lipinski definition) is 6. The molecular formula is C27H36N2O4. The summed E-state index contributed by atoms with van der Waals surface area (Å²) in [7, 11) is 0. The first kappa shape index (κ1) is 26.2. The topological polar surface area (TPSA) is 78.4 Å². The van der Waals surface area contributed by atoms with Crippen molar-refractivity contribution in [3.8, 4) is 17.1 Å². The van der Waals surface area contributed by atoms with Crippen molar-refractivity contribution in [1.29, 1.82) is 0 Å². The van der Waals surface area contributed by atoms with Gasteiger partial charge in [0.1, 0.15) is 0 Å². The summed E-state index contributed by atoms with van der Waals surface area (Å²) in [5.41, 5.74) is 2.15. The maximum Gasteiger partial charge on any atom is 0.335 e. The second-order valence-electron chi connectivity index (χ2n) is 8.28. The van der Waals surface area contributed by atoms with Gasteiger partial charge in [0.15, 0.2) is 11.6 Å². The van der Waals surface area contributed by atoms with E-state index >= 15 is 0 Å². The fourth-order valence-corrected chi connectivity index (χ4v) is 3.46. The number of benzene rings is 1. The van der Waals surface area contributed by atoms with E-state index in [0.717, 1.165) is 44.1 Å². The van der Waals surface area contributed by atoms with Crippen LogP contribution in [0.15, 0.2) is 48.8 Å². The second kappa shape index (κ2) is 14.9. The van der Waals surface area contributed by atoms with Gasteiger partial charge < -0.3 is 9.47 Å². The number of unbranched alkanes of at least 4 members (excludes halogenated alkanes) is 5. The molecule has 1 heterocycles. The number of hydrogen-bond donors (Lipinski definition) is 0. The lowest BCUT2D eigenvalue weighted by molar-refractivity contribution is -0.145. The minimum atomic E-state index is -0.409. The highest BCUT2D eigenvalue weighted by atomic mass is 16.5. The first-order chi connectivity index (χ1) is 16.0. The Morgan fingerprint density at radius 1 is 1.00 bits per heavy atom. The molecule has 0 saturated carbocycles. The number of nitrogens with zero attached hydrogens (tertiary/aromatic N) is 2. The van der Waals surface area contributed by atoms with Crippen molar-refractivity contribution >= 4 is 11.9 Å². The van der Waals surface area contributed by atoms with Crippen LogP contribution in [0, 0.1) is 0 Å². The van der Waals surface area contributed by atoms with E-state index in [0.29, 0.717) is 11.6 Å². The van der Waals surface area contributed by atoms with Gasteiger partial charge in [-0.05, 0) is 51.0 Å². The zero-order chi connectivity index (χ0) is 23.9. The van der Waals surface area contributed by atoms with Crippen LogP contribution in [0.2, 0.25) is 0 Å². The molecule has 0 radical (unpaired) electrons. The molecule has 2 aromatic rings.